The number of fused-ring (bicyclic) bond motifs is 1. The van der Waals surface area contributed by atoms with Crippen molar-refractivity contribution in [2.75, 3.05) is 19.1 Å². The summed E-state index contributed by atoms with van der Waals surface area (Å²) in [6, 6.07) is 24.5. The number of nitrogens with zero attached hydrogens (tertiary/aromatic N) is 3. The topological polar surface area (TPSA) is 85.7 Å². The summed E-state index contributed by atoms with van der Waals surface area (Å²) >= 11 is 0. The predicted octanol–water partition coefficient (Wildman–Crippen LogP) is 4.43. The quantitative estimate of drug-likeness (QED) is 0.390. The van der Waals surface area contributed by atoms with Crippen LogP contribution in [0.1, 0.15) is 27.9 Å². The molecule has 5 rings (SSSR count). The highest BCUT2D eigenvalue weighted by Crippen LogP contribution is 2.30. The lowest BCUT2D eigenvalue weighted by Gasteiger charge is -2.27. The molecule has 0 saturated heterocycles. The molecular weight excluding hydrogens is 468 g/mol. The largest absolute Gasteiger partial charge is 0.497 e. The number of ether oxygens (including phenoxy) is 2. The molecule has 2 heterocycles. The zero-order valence-electron chi connectivity index (χ0n) is 20.8. The van der Waals surface area contributed by atoms with E-state index in [-0.39, 0.29) is 11.8 Å². The van der Waals surface area contributed by atoms with Gasteiger partial charge in [0, 0.05) is 35.7 Å². The van der Waals surface area contributed by atoms with Gasteiger partial charge in [-0.1, -0.05) is 30.3 Å². The minimum absolute atomic E-state index is 0.0484. The number of hydrogen-bond donors (Lipinski definition) is 1. The second-order valence-electron chi connectivity index (χ2n) is 8.76. The van der Waals surface area contributed by atoms with Crippen LogP contribution in [0.2, 0.25) is 0 Å². The number of hydrogen-bond acceptors (Lipinski definition) is 5. The van der Waals surface area contributed by atoms with Gasteiger partial charge in [-0.25, -0.2) is 4.68 Å². The number of carbonyl (C=O) groups excluding carboxylic acids is 2. The number of methoxy groups -OCH3 is 2. The molecule has 0 atom stereocenters. The van der Waals surface area contributed by atoms with Crippen molar-refractivity contribution in [2.24, 2.45) is 0 Å². The van der Waals surface area contributed by atoms with Crippen LogP contribution in [0.3, 0.4) is 0 Å². The van der Waals surface area contributed by atoms with Crippen LogP contribution in [0.15, 0.2) is 78.9 Å². The highest BCUT2D eigenvalue weighted by molar-refractivity contribution is 5.95. The molecule has 8 nitrogen and oxygen atoms in total. The SMILES string of the molecule is COc1ccc(-c2cc3n(n2)CCC(=O)N3Cc2ccc(C(=O)NCc3ccccc3OC)cc2)cc1. The standard InChI is InChI=1S/C29H28N4O4/c1-36-24-13-11-21(12-14-24)25-17-27-32(28(34)15-16-33(27)31-25)19-20-7-9-22(10-8-20)29(35)30-18-23-5-3-4-6-26(23)37-2/h3-14,17H,15-16,18-19H2,1-2H3,(H,30,35). The number of rotatable bonds is 8. The number of nitrogens with one attached hydrogen (secondary N) is 1. The van der Waals surface area contributed by atoms with Crippen LogP contribution in [-0.4, -0.2) is 35.8 Å². The Hall–Kier alpha value is -4.59. The van der Waals surface area contributed by atoms with Gasteiger partial charge in [0.15, 0.2) is 0 Å². The van der Waals surface area contributed by atoms with Crippen LogP contribution in [0, 0.1) is 0 Å². The number of anilines is 1. The van der Waals surface area contributed by atoms with Gasteiger partial charge in [-0.2, -0.15) is 5.10 Å². The first-order valence-electron chi connectivity index (χ1n) is 12.1. The first-order valence-corrected chi connectivity index (χ1v) is 12.1. The lowest BCUT2D eigenvalue weighted by atomic mass is 10.1. The first-order chi connectivity index (χ1) is 18.1. The van der Waals surface area contributed by atoms with Gasteiger partial charge in [0.2, 0.25) is 5.91 Å². The summed E-state index contributed by atoms with van der Waals surface area (Å²) < 4.78 is 12.5. The fraction of sp³-hybridized carbons (Fsp3) is 0.207. The molecule has 0 radical (unpaired) electrons. The maximum absolute atomic E-state index is 12.8. The molecule has 1 aliphatic heterocycles. The zero-order chi connectivity index (χ0) is 25.8. The van der Waals surface area contributed by atoms with E-state index in [1.54, 1.807) is 31.3 Å². The summed E-state index contributed by atoms with van der Waals surface area (Å²) in [6.45, 7) is 1.31. The van der Waals surface area contributed by atoms with Crippen molar-refractivity contribution in [1.29, 1.82) is 0 Å². The molecule has 37 heavy (non-hydrogen) atoms. The Bertz CT molecular complexity index is 1410. The highest BCUT2D eigenvalue weighted by Gasteiger charge is 2.26. The zero-order valence-corrected chi connectivity index (χ0v) is 20.8. The van der Waals surface area contributed by atoms with Crippen LogP contribution >= 0.6 is 0 Å². The highest BCUT2D eigenvalue weighted by atomic mass is 16.5. The second kappa shape index (κ2) is 10.6. The van der Waals surface area contributed by atoms with E-state index >= 15 is 0 Å². The first kappa shape index (κ1) is 24.1. The molecule has 1 N–H and O–H groups in total. The Kier molecular flexibility index (Phi) is 6.89. The number of carbonyl (C=O) groups is 2. The number of amides is 2. The number of aryl methyl sites for hydroxylation is 1. The summed E-state index contributed by atoms with van der Waals surface area (Å²) in [7, 11) is 3.24. The van der Waals surface area contributed by atoms with Gasteiger partial charge in [0.05, 0.1) is 33.0 Å². The molecule has 0 saturated carbocycles. The summed E-state index contributed by atoms with van der Waals surface area (Å²) in [5.41, 5.74) is 4.15. The van der Waals surface area contributed by atoms with E-state index in [0.29, 0.717) is 31.6 Å². The minimum atomic E-state index is -0.172. The van der Waals surface area contributed by atoms with Crippen LogP contribution < -0.4 is 19.7 Å². The summed E-state index contributed by atoms with van der Waals surface area (Å²) in [5, 5.41) is 7.65. The molecule has 8 heteroatoms. The molecule has 4 aromatic rings. The van der Waals surface area contributed by atoms with Crippen molar-refractivity contribution in [2.45, 2.75) is 26.1 Å². The van der Waals surface area contributed by atoms with Gasteiger partial charge in [0.1, 0.15) is 17.3 Å². The molecule has 1 aliphatic rings. The number of benzene rings is 3. The Morgan fingerprint density at radius 2 is 1.73 bits per heavy atom. The van der Waals surface area contributed by atoms with Crippen LogP contribution in [0.25, 0.3) is 11.3 Å². The number of para-hydroxylation sites is 1. The van der Waals surface area contributed by atoms with Gasteiger partial charge in [0.25, 0.3) is 5.91 Å². The Morgan fingerprint density at radius 3 is 2.46 bits per heavy atom. The van der Waals surface area contributed by atoms with Crippen molar-refractivity contribution in [1.82, 2.24) is 15.1 Å². The summed E-state index contributed by atoms with van der Waals surface area (Å²) in [4.78, 5) is 27.3. The van der Waals surface area contributed by atoms with E-state index in [0.717, 1.165) is 39.7 Å². The van der Waals surface area contributed by atoms with Crippen LogP contribution in [-0.2, 0) is 24.4 Å². The van der Waals surface area contributed by atoms with E-state index in [2.05, 4.69) is 5.32 Å². The van der Waals surface area contributed by atoms with Gasteiger partial charge in [-0.05, 0) is 48.0 Å². The average molecular weight is 497 g/mol. The molecule has 188 valence electrons. The normalized spacial score (nSPS) is 12.7. The Labute approximate surface area is 215 Å². The molecule has 0 aliphatic carbocycles. The van der Waals surface area contributed by atoms with Crippen molar-refractivity contribution < 1.29 is 19.1 Å². The monoisotopic (exact) mass is 496 g/mol. The van der Waals surface area contributed by atoms with E-state index in [4.69, 9.17) is 14.6 Å². The number of aromatic nitrogens is 2. The van der Waals surface area contributed by atoms with Gasteiger partial charge in [-0.15, -0.1) is 0 Å². The lowest BCUT2D eigenvalue weighted by molar-refractivity contribution is -0.119. The lowest BCUT2D eigenvalue weighted by Crippen LogP contribution is -2.36. The molecule has 0 bridgehead atoms. The summed E-state index contributed by atoms with van der Waals surface area (Å²) in [5.74, 6) is 2.15. The summed E-state index contributed by atoms with van der Waals surface area (Å²) in [6.07, 6.45) is 0.389. The Balaban J connectivity index is 1.28. The fourth-order valence-corrected chi connectivity index (χ4v) is 4.40. The Morgan fingerprint density at radius 1 is 0.973 bits per heavy atom. The molecular formula is C29H28N4O4. The third-order valence-electron chi connectivity index (χ3n) is 6.45. The predicted molar refractivity (Wildman–Crippen MR) is 141 cm³/mol. The molecule has 3 aromatic carbocycles. The van der Waals surface area contributed by atoms with Crippen molar-refractivity contribution in [3.05, 3.63) is 95.6 Å². The van der Waals surface area contributed by atoms with E-state index in [9.17, 15) is 9.59 Å². The fourth-order valence-electron chi connectivity index (χ4n) is 4.40. The molecule has 0 fully saturated rings. The van der Waals surface area contributed by atoms with Crippen molar-refractivity contribution in [3.63, 3.8) is 0 Å². The van der Waals surface area contributed by atoms with E-state index < -0.39 is 0 Å². The van der Waals surface area contributed by atoms with Crippen molar-refractivity contribution >= 4 is 17.6 Å². The van der Waals surface area contributed by atoms with E-state index in [1.165, 1.54) is 0 Å². The van der Waals surface area contributed by atoms with Gasteiger partial charge in [-0.3, -0.25) is 14.5 Å². The molecule has 0 unspecified atom stereocenters. The third kappa shape index (κ3) is 5.18. The van der Waals surface area contributed by atoms with Crippen LogP contribution in [0.5, 0.6) is 11.5 Å². The molecule has 1 aromatic heterocycles. The third-order valence-corrected chi connectivity index (χ3v) is 6.45. The van der Waals surface area contributed by atoms with Gasteiger partial charge < -0.3 is 14.8 Å². The van der Waals surface area contributed by atoms with E-state index in [1.807, 2.05) is 71.4 Å². The van der Waals surface area contributed by atoms with Crippen molar-refractivity contribution in [3.8, 4) is 22.8 Å². The molecule has 2 amide bonds. The molecule has 0 spiro atoms. The maximum atomic E-state index is 12.8. The maximum Gasteiger partial charge on any atom is 0.251 e. The minimum Gasteiger partial charge on any atom is -0.497 e. The van der Waals surface area contributed by atoms with Gasteiger partial charge >= 0.3 is 0 Å². The average Bonchev–Trinajstić information content (AvgIpc) is 3.38. The second-order valence-corrected chi connectivity index (χ2v) is 8.76. The smallest absolute Gasteiger partial charge is 0.251 e. The van der Waals surface area contributed by atoms with Crippen LogP contribution in [0.4, 0.5) is 5.82 Å².